The summed E-state index contributed by atoms with van der Waals surface area (Å²) in [6, 6.07) is 11.4. The number of ether oxygens (including phenoxy) is 2. The van der Waals surface area contributed by atoms with Crippen LogP contribution in [0.5, 0.6) is 11.5 Å². The maximum absolute atomic E-state index is 15.0. The topological polar surface area (TPSA) is 192 Å². The van der Waals surface area contributed by atoms with Crippen LogP contribution in [0, 0.1) is 12.8 Å². The predicted molar refractivity (Wildman–Crippen MR) is 276 cm³/mol. The lowest BCUT2D eigenvalue weighted by Gasteiger charge is -2.33. The number of methoxy groups -OCH3 is 2. The van der Waals surface area contributed by atoms with Gasteiger partial charge < -0.3 is 19.3 Å². The van der Waals surface area contributed by atoms with Crippen LogP contribution in [0.3, 0.4) is 0 Å². The summed E-state index contributed by atoms with van der Waals surface area (Å²) < 4.78 is 36.6. The molecule has 0 bridgehead atoms. The molecule has 10 aromatic heterocycles. The summed E-state index contributed by atoms with van der Waals surface area (Å²) in [5.41, 5.74) is 8.50. The monoisotopic (exact) mass is 984 g/mol. The fourth-order valence-electron chi connectivity index (χ4n) is 11.0. The van der Waals surface area contributed by atoms with Gasteiger partial charge in [-0.05, 0) is 69.2 Å². The van der Waals surface area contributed by atoms with E-state index in [-0.39, 0.29) is 23.8 Å². The van der Waals surface area contributed by atoms with Crippen LogP contribution >= 0.6 is 0 Å². The molecule has 20 nitrogen and oxygen atoms in total. The first-order valence-electron chi connectivity index (χ1n) is 24.4. The Hall–Kier alpha value is -8.49. The zero-order valence-electron chi connectivity index (χ0n) is 41.6. The number of hydrogen-bond donors (Lipinski definition) is 0. The predicted octanol–water partition coefficient (Wildman–Crippen LogP) is 6.17. The SMILES string of the molecule is COc1ccncc1-c1cc2c(cnn2-c2cc3c(c(N4CCC(Cc5nc(-c6cnccc6OC)cc6c5cnn6-c5cc6c(c(N7CCCC(F)C7)n5)n(C)c(=O)n6C)CC4)n2)n(C)c(=O)n3C)c(C)n1. The van der Waals surface area contributed by atoms with Crippen molar-refractivity contribution in [2.24, 2.45) is 34.1 Å². The molecule has 2 fully saturated rings. The molecule has 10 aromatic rings. The minimum atomic E-state index is -1.00. The second-order valence-electron chi connectivity index (χ2n) is 19.1. The number of aryl methyl sites for hydroxylation is 5. The van der Waals surface area contributed by atoms with Gasteiger partial charge in [-0.15, -0.1) is 0 Å². The molecule has 21 heteroatoms. The third-order valence-corrected chi connectivity index (χ3v) is 14.9. The fraction of sp³-hybridized carbons (Fsp3) is 0.346. The Morgan fingerprint density at radius 2 is 1.15 bits per heavy atom. The lowest BCUT2D eigenvalue weighted by Crippen LogP contribution is -2.37. The van der Waals surface area contributed by atoms with Crippen LogP contribution < -0.4 is 30.7 Å². The van der Waals surface area contributed by atoms with E-state index in [2.05, 4.69) is 14.9 Å². The summed E-state index contributed by atoms with van der Waals surface area (Å²) in [7, 11) is 10.3. The summed E-state index contributed by atoms with van der Waals surface area (Å²) in [6.45, 7) is 4.10. The Kier molecular flexibility index (Phi) is 11.0. The molecule has 2 aliphatic rings. The van der Waals surface area contributed by atoms with Crippen LogP contribution in [0.2, 0.25) is 0 Å². The molecule has 0 radical (unpaired) electrons. The third-order valence-electron chi connectivity index (χ3n) is 14.9. The molecule has 2 saturated heterocycles. The highest BCUT2D eigenvalue weighted by molar-refractivity contribution is 5.93. The van der Waals surface area contributed by atoms with Gasteiger partial charge in [0.25, 0.3) is 0 Å². The van der Waals surface area contributed by atoms with Crippen molar-refractivity contribution in [1.29, 1.82) is 0 Å². The largest absolute Gasteiger partial charge is 0.496 e. The summed E-state index contributed by atoms with van der Waals surface area (Å²) in [6.07, 6.45) is 12.9. The van der Waals surface area contributed by atoms with Gasteiger partial charge in [-0.3, -0.25) is 38.2 Å². The Labute approximate surface area is 416 Å². The van der Waals surface area contributed by atoms with E-state index in [0.29, 0.717) is 96.1 Å². The third kappa shape index (κ3) is 7.46. The second kappa shape index (κ2) is 17.7. The van der Waals surface area contributed by atoms with Crippen LogP contribution in [0.25, 0.3) is 78.0 Å². The first-order chi connectivity index (χ1) is 35.4. The molecule has 12 rings (SSSR count). The number of aromatic nitrogens is 14. The van der Waals surface area contributed by atoms with Crippen LogP contribution in [-0.4, -0.2) is 114 Å². The standard InChI is InChI=1S/C52H53FN16O4/c1-29-32-26-56-68(39(32)20-37(58-29)34-24-54-14-10-43(34)72-6)45-22-41-47(64(4)51(70)62(41)2)49(60-45)66-17-12-30(13-18-66)19-36-33-27-57-69(40(33)21-38(59-36)35-25-55-15-11-44(35)73-7)46-23-42-48(65(5)52(71)63(42)3)50(61-46)67-16-8-9-31(53)28-67/h10-11,14-15,20-27,30-31H,8-9,12-13,16-19,28H2,1-7H3. The number of alkyl halides is 1. The van der Waals surface area contributed by atoms with Crippen molar-refractivity contribution in [2.75, 3.05) is 50.2 Å². The highest BCUT2D eigenvalue weighted by Crippen LogP contribution is 2.38. The Bertz CT molecular complexity index is 3950. The molecular weight excluding hydrogens is 932 g/mol. The lowest BCUT2D eigenvalue weighted by molar-refractivity contribution is 0.286. The zero-order valence-corrected chi connectivity index (χ0v) is 41.6. The minimum absolute atomic E-state index is 0.152. The Morgan fingerprint density at radius 3 is 1.71 bits per heavy atom. The molecular formula is C52H53FN16O4. The van der Waals surface area contributed by atoms with Crippen LogP contribution in [0.15, 0.2) is 83.2 Å². The number of pyridine rings is 6. The molecule has 372 valence electrons. The van der Waals surface area contributed by atoms with Crippen molar-refractivity contribution in [3.05, 3.63) is 106 Å². The number of nitrogens with zero attached hydrogens (tertiary/aromatic N) is 16. The highest BCUT2D eigenvalue weighted by Gasteiger charge is 2.30. The van der Waals surface area contributed by atoms with Gasteiger partial charge in [-0.1, -0.05) is 0 Å². The molecule has 0 saturated carbocycles. The quantitative estimate of drug-likeness (QED) is 0.151. The normalized spacial score (nSPS) is 15.7. The molecule has 0 N–H and O–H groups in total. The zero-order chi connectivity index (χ0) is 50.4. The van der Waals surface area contributed by atoms with Gasteiger partial charge in [0.1, 0.15) is 28.7 Å². The lowest BCUT2D eigenvalue weighted by atomic mass is 9.91. The first kappa shape index (κ1) is 45.6. The maximum atomic E-state index is 15.0. The highest BCUT2D eigenvalue weighted by atomic mass is 19.1. The molecule has 1 atom stereocenters. The average molecular weight is 985 g/mol. The van der Waals surface area contributed by atoms with E-state index in [4.69, 9.17) is 39.6 Å². The van der Waals surface area contributed by atoms with Crippen LogP contribution in [-0.2, 0) is 34.6 Å². The van der Waals surface area contributed by atoms with Crippen molar-refractivity contribution >= 4 is 55.5 Å². The molecule has 0 aromatic carbocycles. The van der Waals surface area contributed by atoms with Crippen LogP contribution in [0.4, 0.5) is 16.0 Å². The van der Waals surface area contributed by atoms with E-state index >= 15 is 0 Å². The number of fused-ring (bicyclic) bond motifs is 4. The molecule has 0 amide bonds. The van der Waals surface area contributed by atoms with Crippen molar-refractivity contribution in [3.8, 4) is 45.6 Å². The van der Waals surface area contributed by atoms with Crippen molar-refractivity contribution in [1.82, 2.24) is 67.7 Å². The van der Waals surface area contributed by atoms with E-state index < -0.39 is 6.17 Å². The molecule has 12 heterocycles. The number of hydrogen-bond acceptors (Lipinski definition) is 14. The number of imidazole rings is 2. The van der Waals surface area contributed by atoms with Gasteiger partial charge in [0.2, 0.25) is 0 Å². The van der Waals surface area contributed by atoms with Crippen molar-refractivity contribution < 1.29 is 13.9 Å². The maximum Gasteiger partial charge on any atom is 0.328 e. The first-order valence-corrected chi connectivity index (χ1v) is 24.4. The average Bonchev–Trinajstić information content (AvgIpc) is 4.16. The second-order valence-corrected chi connectivity index (χ2v) is 19.1. The Morgan fingerprint density at radius 1 is 0.616 bits per heavy atom. The van der Waals surface area contributed by atoms with E-state index in [1.165, 1.54) is 0 Å². The summed E-state index contributed by atoms with van der Waals surface area (Å²) >= 11 is 0. The number of rotatable bonds is 10. The smallest absolute Gasteiger partial charge is 0.328 e. The minimum Gasteiger partial charge on any atom is -0.496 e. The van der Waals surface area contributed by atoms with E-state index in [9.17, 15) is 14.0 Å². The number of anilines is 2. The molecule has 0 aliphatic carbocycles. The van der Waals surface area contributed by atoms with E-state index in [0.717, 1.165) is 68.2 Å². The summed E-state index contributed by atoms with van der Waals surface area (Å²) in [5.74, 6) is 3.81. The summed E-state index contributed by atoms with van der Waals surface area (Å²) in [5, 5.41) is 11.5. The van der Waals surface area contributed by atoms with Gasteiger partial charge in [0.05, 0.1) is 83.4 Å². The van der Waals surface area contributed by atoms with E-state index in [1.54, 1.807) is 96.3 Å². The van der Waals surface area contributed by atoms with Gasteiger partial charge >= 0.3 is 11.4 Å². The van der Waals surface area contributed by atoms with E-state index in [1.807, 2.05) is 59.1 Å². The van der Waals surface area contributed by atoms with Gasteiger partial charge in [0.15, 0.2) is 23.3 Å². The molecule has 2 aliphatic heterocycles. The van der Waals surface area contributed by atoms with Crippen molar-refractivity contribution in [2.45, 2.75) is 45.2 Å². The molecule has 73 heavy (non-hydrogen) atoms. The molecule has 0 spiro atoms. The Balaban J connectivity index is 0.910. The summed E-state index contributed by atoms with van der Waals surface area (Å²) in [4.78, 5) is 60.7. The van der Waals surface area contributed by atoms with Crippen molar-refractivity contribution in [3.63, 3.8) is 0 Å². The van der Waals surface area contributed by atoms with Gasteiger partial charge in [0, 0.05) is 101 Å². The van der Waals surface area contributed by atoms with Gasteiger partial charge in [-0.2, -0.15) is 10.2 Å². The van der Waals surface area contributed by atoms with Crippen LogP contribution in [0.1, 0.15) is 37.1 Å². The molecule has 1 unspecified atom stereocenters. The van der Waals surface area contributed by atoms with Gasteiger partial charge in [-0.25, -0.2) is 33.3 Å². The number of piperidine rings is 2. The number of halogens is 1. The fourth-order valence-corrected chi connectivity index (χ4v) is 11.0.